The average Bonchev–Trinajstić information content (AvgIpc) is 3.07. The van der Waals surface area contributed by atoms with Crippen LogP contribution in [0.25, 0.3) is 0 Å². The van der Waals surface area contributed by atoms with Gasteiger partial charge in [-0.3, -0.25) is 19.3 Å². The first-order valence-electron chi connectivity index (χ1n) is 9.51. The molecule has 156 valence electrons. The maximum atomic E-state index is 13.0. The molecule has 0 aromatic heterocycles. The molecule has 1 N–H and O–H groups in total. The maximum absolute atomic E-state index is 13.0. The van der Waals surface area contributed by atoms with Gasteiger partial charge in [0.25, 0.3) is 11.1 Å². The summed E-state index contributed by atoms with van der Waals surface area (Å²) < 4.78 is 6.29. The minimum Gasteiger partial charge on any atom is -0.378 e. The van der Waals surface area contributed by atoms with E-state index in [-0.39, 0.29) is 29.4 Å². The zero-order valence-corrected chi connectivity index (χ0v) is 18.5. The molecule has 7 nitrogen and oxygen atoms in total. The number of nitrogens with zero attached hydrogens (tertiary/aromatic N) is 2. The van der Waals surface area contributed by atoms with Crippen LogP contribution >= 0.6 is 27.7 Å². The van der Waals surface area contributed by atoms with Crippen molar-refractivity contribution in [2.75, 3.05) is 42.3 Å². The van der Waals surface area contributed by atoms with Gasteiger partial charge in [-0.1, -0.05) is 39.8 Å². The van der Waals surface area contributed by atoms with Gasteiger partial charge in [-0.25, -0.2) is 0 Å². The highest BCUT2D eigenvalue weighted by Crippen LogP contribution is 2.30. The van der Waals surface area contributed by atoms with Gasteiger partial charge < -0.3 is 15.0 Å². The van der Waals surface area contributed by atoms with Crippen molar-refractivity contribution in [2.45, 2.75) is 6.54 Å². The Morgan fingerprint density at radius 2 is 1.93 bits per heavy atom. The highest BCUT2D eigenvalue weighted by molar-refractivity contribution is 9.10. The third-order valence-electron chi connectivity index (χ3n) is 4.93. The normalized spacial score (nSPS) is 16.8. The van der Waals surface area contributed by atoms with E-state index < -0.39 is 0 Å². The number of imide groups is 1. The van der Waals surface area contributed by atoms with Gasteiger partial charge in [-0.15, -0.1) is 0 Å². The van der Waals surface area contributed by atoms with Crippen LogP contribution in [0.1, 0.15) is 15.9 Å². The van der Waals surface area contributed by atoms with E-state index >= 15 is 0 Å². The van der Waals surface area contributed by atoms with Gasteiger partial charge in [0.2, 0.25) is 5.91 Å². The van der Waals surface area contributed by atoms with E-state index in [4.69, 9.17) is 4.74 Å². The summed E-state index contributed by atoms with van der Waals surface area (Å²) in [6, 6.07) is 12.8. The van der Waals surface area contributed by atoms with Crippen LogP contribution in [0.4, 0.5) is 16.2 Å². The van der Waals surface area contributed by atoms with Crippen LogP contribution in [0, 0.1) is 0 Å². The summed E-state index contributed by atoms with van der Waals surface area (Å²) in [5, 5.41) is 2.75. The van der Waals surface area contributed by atoms with Gasteiger partial charge >= 0.3 is 0 Å². The lowest BCUT2D eigenvalue weighted by atomic mass is 10.1. The molecule has 2 aliphatic rings. The molecule has 2 fully saturated rings. The number of halogens is 1. The molecule has 2 saturated heterocycles. The number of hydrogen-bond donors (Lipinski definition) is 1. The van der Waals surface area contributed by atoms with Crippen LogP contribution in [0.15, 0.2) is 46.9 Å². The quantitative estimate of drug-likeness (QED) is 0.689. The first-order valence-corrected chi connectivity index (χ1v) is 11.3. The van der Waals surface area contributed by atoms with E-state index in [1.54, 1.807) is 24.3 Å². The number of amides is 3. The van der Waals surface area contributed by atoms with Crippen LogP contribution in [0.5, 0.6) is 0 Å². The largest absolute Gasteiger partial charge is 0.378 e. The number of thioether (sulfide) groups is 1. The summed E-state index contributed by atoms with van der Waals surface area (Å²) in [6.45, 7) is 2.99. The number of hydrogen-bond acceptors (Lipinski definition) is 6. The van der Waals surface area contributed by atoms with Gasteiger partial charge in [0.1, 0.15) is 0 Å². The van der Waals surface area contributed by atoms with Crippen molar-refractivity contribution in [1.82, 2.24) is 4.90 Å². The Labute approximate surface area is 186 Å². The zero-order valence-electron chi connectivity index (χ0n) is 16.1. The standard InChI is InChI=1S/C21H20BrN3O4S/c22-16-4-5-18(24-6-8-29-9-7-24)17(11-16)23-20(27)15-3-1-2-14(10-15)12-25-19(26)13-30-21(25)28/h1-5,10-11H,6-9,12-13H2,(H,23,27). The molecular formula is C21H20BrN3O4S. The van der Waals surface area contributed by atoms with E-state index in [1.807, 2.05) is 18.2 Å². The first-order chi connectivity index (χ1) is 14.5. The number of carbonyl (C=O) groups is 3. The number of nitrogens with one attached hydrogen (secondary N) is 1. The van der Waals surface area contributed by atoms with Gasteiger partial charge in [-0.2, -0.15) is 0 Å². The lowest BCUT2D eigenvalue weighted by Crippen LogP contribution is -2.36. The van der Waals surface area contributed by atoms with Gasteiger partial charge in [0.15, 0.2) is 0 Å². The van der Waals surface area contributed by atoms with Crippen molar-refractivity contribution in [1.29, 1.82) is 0 Å². The molecule has 0 spiro atoms. The van der Waals surface area contributed by atoms with E-state index in [9.17, 15) is 14.4 Å². The number of anilines is 2. The highest BCUT2D eigenvalue weighted by Gasteiger charge is 2.29. The molecule has 0 radical (unpaired) electrons. The van der Waals surface area contributed by atoms with E-state index in [0.717, 1.165) is 40.6 Å². The molecular weight excluding hydrogens is 470 g/mol. The third-order valence-corrected chi connectivity index (χ3v) is 6.28. The second kappa shape index (κ2) is 9.20. The molecule has 2 aromatic rings. The molecule has 0 aliphatic carbocycles. The molecule has 3 amide bonds. The predicted octanol–water partition coefficient (Wildman–Crippen LogP) is 3.73. The molecule has 4 rings (SSSR count). The van der Waals surface area contributed by atoms with Crippen molar-refractivity contribution in [2.24, 2.45) is 0 Å². The summed E-state index contributed by atoms with van der Waals surface area (Å²) in [5.74, 6) is -0.284. The first kappa shape index (κ1) is 20.9. The number of rotatable bonds is 5. The Bertz CT molecular complexity index is 978. The van der Waals surface area contributed by atoms with Gasteiger partial charge in [-0.05, 0) is 35.9 Å². The fraction of sp³-hybridized carbons (Fsp3) is 0.286. The summed E-state index contributed by atoms with van der Waals surface area (Å²) in [5.41, 5.74) is 2.85. The Balaban J connectivity index is 1.52. The van der Waals surface area contributed by atoms with Crippen LogP contribution < -0.4 is 10.2 Å². The van der Waals surface area contributed by atoms with Crippen LogP contribution in [-0.2, 0) is 16.1 Å². The SMILES string of the molecule is O=C(Nc1cc(Br)ccc1N1CCOCC1)c1cccc(CN2C(=O)CSC2=O)c1. The summed E-state index contributed by atoms with van der Waals surface area (Å²) >= 11 is 4.47. The maximum Gasteiger partial charge on any atom is 0.289 e. The number of carbonyl (C=O) groups excluding carboxylic acids is 3. The lowest BCUT2D eigenvalue weighted by Gasteiger charge is -2.30. The number of morpholine rings is 1. The molecule has 0 atom stereocenters. The van der Waals surface area contributed by atoms with Gasteiger partial charge in [0.05, 0.1) is 36.9 Å². The summed E-state index contributed by atoms with van der Waals surface area (Å²) in [4.78, 5) is 40.1. The van der Waals surface area contributed by atoms with Crippen LogP contribution in [0.2, 0.25) is 0 Å². The summed E-state index contributed by atoms with van der Waals surface area (Å²) in [6.07, 6.45) is 0. The Hall–Kier alpha value is -2.36. The molecule has 9 heteroatoms. The van der Waals surface area contributed by atoms with Crippen molar-refractivity contribution in [3.8, 4) is 0 Å². The molecule has 0 unspecified atom stereocenters. The minimum atomic E-state index is -0.252. The monoisotopic (exact) mass is 489 g/mol. The van der Waals surface area contributed by atoms with Crippen molar-refractivity contribution in [3.05, 3.63) is 58.1 Å². The van der Waals surface area contributed by atoms with E-state index in [0.29, 0.717) is 24.5 Å². The smallest absolute Gasteiger partial charge is 0.289 e. The Morgan fingerprint density at radius 1 is 1.13 bits per heavy atom. The topological polar surface area (TPSA) is 79.0 Å². The van der Waals surface area contributed by atoms with Crippen molar-refractivity contribution in [3.63, 3.8) is 0 Å². The second-order valence-electron chi connectivity index (χ2n) is 6.95. The molecule has 0 bridgehead atoms. The highest BCUT2D eigenvalue weighted by atomic mass is 79.9. The van der Waals surface area contributed by atoms with E-state index in [2.05, 4.69) is 26.1 Å². The average molecular weight is 490 g/mol. The fourth-order valence-electron chi connectivity index (χ4n) is 3.41. The van der Waals surface area contributed by atoms with E-state index in [1.165, 1.54) is 4.90 Å². The molecule has 2 aliphatic heterocycles. The van der Waals surface area contributed by atoms with Gasteiger partial charge in [0, 0.05) is 23.1 Å². The molecule has 0 saturated carbocycles. The molecule has 2 aromatic carbocycles. The predicted molar refractivity (Wildman–Crippen MR) is 120 cm³/mol. The Kier molecular flexibility index (Phi) is 6.40. The number of benzene rings is 2. The minimum absolute atomic E-state index is 0.168. The lowest BCUT2D eigenvalue weighted by molar-refractivity contribution is -0.125. The molecule has 2 heterocycles. The number of ether oxygens (including phenoxy) is 1. The van der Waals surface area contributed by atoms with Crippen LogP contribution in [0.3, 0.4) is 0 Å². The zero-order chi connectivity index (χ0) is 21.1. The second-order valence-corrected chi connectivity index (χ2v) is 8.79. The summed E-state index contributed by atoms with van der Waals surface area (Å²) in [7, 11) is 0. The van der Waals surface area contributed by atoms with Crippen molar-refractivity contribution >= 4 is 56.1 Å². The third kappa shape index (κ3) is 4.69. The van der Waals surface area contributed by atoms with Crippen LogP contribution in [-0.4, -0.2) is 54.0 Å². The Morgan fingerprint density at radius 3 is 2.67 bits per heavy atom. The fourth-order valence-corrected chi connectivity index (χ4v) is 4.50. The van der Waals surface area contributed by atoms with Crippen molar-refractivity contribution < 1.29 is 19.1 Å². The molecule has 30 heavy (non-hydrogen) atoms.